The van der Waals surface area contributed by atoms with Crippen LogP contribution in [-0.4, -0.2) is 87.5 Å². The van der Waals surface area contributed by atoms with Crippen LogP contribution in [0.1, 0.15) is 32.3 Å². The summed E-state index contributed by atoms with van der Waals surface area (Å²) in [6, 6.07) is 4.13. The summed E-state index contributed by atoms with van der Waals surface area (Å²) in [5, 5.41) is 22.9. The van der Waals surface area contributed by atoms with Crippen LogP contribution in [0.25, 0.3) is 16.9 Å². The molecule has 3 aromatic rings. The van der Waals surface area contributed by atoms with Gasteiger partial charge in [-0.25, -0.2) is 4.98 Å². The first-order valence-corrected chi connectivity index (χ1v) is 11.7. The fourth-order valence-corrected chi connectivity index (χ4v) is 4.68. The van der Waals surface area contributed by atoms with Crippen LogP contribution >= 0.6 is 0 Å². The summed E-state index contributed by atoms with van der Waals surface area (Å²) in [7, 11) is 2.10. The standard InChI is InChI=1S/C21H29N7O2.C2H6/c1-26-13-15(2-3-17(29)14-26)10-16-11-20(27-6-8-30-9-7-27)24-21-18(16)12-23-28(21)19-4-5-22-25-19;1-2/h4-5,11-12,15,17,29H,2-3,6-10,13-14H2,1H3,(H,22,25);1-2H3. The summed E-state index contributed by atoms with van der Waals surface area (Å²) >= 11 is 0. The Bertz CT molecular complexity index is 982. The number of H-pyrrole nitrogens is 1. The van der Waals surface area contributed by atoms with Crippen molar-refractivity contribution in [2.75, 3.05) is 51.3 Å². The Morgan fingerprint density at radius 1 is 1.19 bits per heavy atom. The van der Waals surface area contributed by atoms with E-state index < -0.39 is 0 Å². The van der Waals surface area contributed by atoms with Gasteiger partial charge in [-0.3, -0.25) is 5.10 Å². The van der Waals surface area contributed by atoms with Gasteiger partial charge in [0.1, 0.15) is 5.82 Å². The topological polar surface area (TPSA) is 95.3 Å². The lowest BCUT2D eigenvalue weighted by atomic mass is 9.93. The summed E-state index contributed by atoms with van der Waals surface area (Å²) in [4.78, 5) is 9.53. The molecule has 2 saturated heterocycles. The lowest BCUT2D eigenvalue weighted by Crippen LogP contribution is -2.36. The molecule has 2 N–H and O–H groups in total. The number of likely N-dealkylation sites (tertiary alicyclic amines) is 1. The lowest BCUT2D eigenvalue weighted by molar-refractivity contribution is 0.122. The molecule has 2 fully saturated rings. The van der Waals surface area contributed by atoms with Crippen LogP contribution in [0.2, 0.25) is 0 Å². The molecule has 5 heterocycles. The number of rotatable bonds is 4. The Morgan fingerprint density at radius 3 is 2.75 bits per heavy atom. The quantitative estimate of drug-likeness (QED) is 0.641. The van der Waals surface area contributed by atoms with E-state index in [4.69, 9.17) is 9.72 Å². The summed E-state index contributed by atoms with van der Waals surface area (Å²) in [5.41, 5.74) is 2.11. The van der Waals surface area contributed by atoms with Gasteiger partial charge in [-0.05, 0) is 43.9 Å². The number of morpholine rings is 1. The SMILES string of the molecule is CC.CN1CC(O)CCC(Cc2cc(N3CCOCC3)nc3c2cnn3-c2ccn[nH]2)C1. The predicted octanol–water partition coefficient (Wildman–Crippen LogP) is 2.25. The fourth-order valence-electron chi connectivity index (χ4n) is 4.68. The van der Waals surface area contributed by atoms with E-state index in [2.05, 4.69) is 38.2 Å². The van der Waals surface area contributed by atoms with Crippen molar-refractivity contribution in [1.82, 2.24) is 29.9 Å². The van der Waals surface area contributed by atoms with Crippen molar-refractivity contribution < 1.29 is 9.84 Å². The molecule has 0 amide bonds. The molecule has 2 aliphatic rings. The van der Waals surface area contributed by atoms with E-state index in [1.165, 1.54) is 5.56 Å². The molecular weight excluding hydrogens is 406 g/mol. The molecule has 0 radical (unpaired) electrons. The Kier molecular flexibility index (Phi) is 7.39. The minimum atomic E-state index is -0.232. The molecule has 0 saturated carbocycles. The third-order valence-electron chi connectivity index (χ3n) is 6.17. The molecule has 9 heteroatoms. The number of nitrogens with one attached hydrogen (secondary N) is 1. The normalized spacial score (nSPS) is 22.4. The lowest BCUT2D eigenvalue weighted by Gasteiger charge is -2.28. The molecule has 32 heavy (non-hydrogen) atoms. The van der Waals surface area contributed by atoms with Gasteiger partial charge in [0.25, 0.3) is 0 Å². The van der Waals surface area contributed by atoms with Crippen LogP contribution in [0.5, 0.6) is 0 Å². The van der Waals surface area contributed by atoms with Crippen molar-refractivity contribution in [1.29, 1.82) is 0 Å². The van der Waals surface area contributed by atoms with Crippen LogP contribution in [-0.2, 0) is 11.2 Å². The molecule has 0 spiro atoms. The van der Waals surface area contributed by atoms with E-state index >= 15 is 0 Å². The maximum absolute atomic E-state index is 10.1. The summed E-state index contributed by atoms with van der Waals surface area (Å²) < 4.78 is 7.37. The van der Waals surface area contributed by atoms with E-state index in [0.29, 0.717) is 5.92 Å². The second-order valence-electron chi connectivity index (χ2n) is 8.50. The van der Waals surface area contributed by atoms with Gasteiger partial charge in [0.15, 0.2) is 11.5 Å². The first kappa shape index (κ1) is 22.7. The van der Waals surface area contributed by atoms with E-state index in [-0.39, 0.29) is 6.10 Å². The molecule has 3 aromatic heterocycles. The molecule has 174 valence electrons. The number of likely N-dealkylation sites (N-methyl/N-ethyl adjacent to an activating group) is 1. The molecule has 2 aliphatic heterocycles. The van der Waals surface area contributed by atoms with Crippen LogP contribution in [0.4, 0.5) is 5.82 Å². The number of aliphatic hydroxyl groups excluding tert-OH is 1. The molecule has 9 nitrogen and oxygen atoms in total. The second-order valence-corrected chi connectivity index (χ2v) is 8.50. The van der Waals surface area contributed by atoms with Crippen LogP contribution in [0.3, 0.4) is 0 Å². The first-order chi connectivity index (χ1) is 15.7. The zero-order valence-corrected chi connectivity index (χ0v) is 19.4. The Morgan fingerprint density at radius 2 is 2.00 bits per heavy atom. The zero-order chi connectivity index (χ0) is 22.5. The molecule has 0 aliphatic carbocycles. The average molecular weight is 442 g/mol. The van der Waals surface area contributed by atoms with E-state index in [0.717, 1.165) is 81.3 Å². The number of hydrogen-bond acceptors (Lipinski definition) is 7. The highest BCUT2D eigenvalue weighted by Gasteiger charge is 2.24. The average Bonchev–Trinajstić information content (AvgIpc) is 3.46. The van der Waals surface area contributed by atoms with Crippen molar-refractivity contribution in [3.8, 4) is 5.82 Å². The summed E-state index contributed by atoms with van der Waals surface area (Å²) in [5.74, 6) is 2.27. The molecule has 2 unspecified atom stereocenters. The number of β-amino-alcohol motifs (C(OH)–C–C–N with tert-alkyl or cyclic N) is 1. The van der Waals surface area contributed by atoms with E-state index in [9.17, 15) is 5.11 Å². The number of aliphatic hydroxyl groups is 1. The first-order valence-electron chi connectivity index (χ1n) is 11.7. The number of ether oxygens (including phenoxy) is 1. The number of aromatic nitrogens is 5. The molecular formula is C23H35N7O2. The molecule has 5 rings (SSSR count). The minimum Gasteiger partial charge on any atom is -0.392 e. The Hall–Kier alpha value is -2.49. The number of fused-ring (bicyclic) bond motifs is 1. The molecule has 0 aromatic carbocycles. The van der Waals surface area contributed by atoms with Crippen molar-refractivity contribution in [3.05, 3.63) is 30.1 Å². The Balaban J connectivity index is 0.00000119. The van der Waals surface area contributed by atoms with Gasteiger partial charge in [-0.1, -0.05) is 13.8 Å². The number of anilines is 1. The summed E-state index contributed by atoms with van der Waals surface area (Å²) in [6.45, 7) is 8.87. The van der Waals surface area contributed by atoms with Gasteiger partial charge in [-0.15, -0.1) is 0 Å². The predicted molar refractivity (Wildman–Crippen MR) is 125 cm³/mol. The third kappa shape index (κ3) is 4.95. The maximum atomic E-state index is 10.1. The number of nitrogens with zero attached hydrogens (tertiary/aromatic N) is 6. The monoisotopic (exact) mass is 441 g/mol. The van der Waals surface area contributed by atoms with Gasteiger partial charge in [0.2, 0.25) is 0 Å². The summed E-state index contributed by atoms with van der Waals surface area (Å²) in [6.07, 6.45) is 6.23. The molecule has 2 atom stereocenters. The van der Waals surface area contributed by atoms with Gasteiger partial charge in [0.05, 0.1) is 31.7 Å². The smallest absolute Gasteiger partial charge is 0.167 e. The van der Waals surface area contributed by atoms with Crippen molar-refractivity contribution in [2.45, 2.75) is 39.2 Å². The van der Waals surface area contributed by atoms with Gasteiger partial charge in [0, 0.05) is 37.6 Å². The third-order valence-corrected chi connectivity index (χ3v) is 6.17. The fraction of sp³-hybridized carbons (Fsp3) is 0.609. The van der Waals surface area contributed by atoms with Crippen molar-refractivity contribution >= 4 is 16.9 Å². The highest BCUT2D eigenvalue weighted by molar-refractivity contribution is 5.82. The minimum absolute atomic E-state index is 0.232. The second kappa shape index (κ2) is 10.4. The number of aromatic amines is 1. The van der Waals surface area contributed by atoms with Crippen LogP contribution < -0.4 is 4.90 Å². The van der Waals surface area contributed by atoms with Gasteiger partial charge >= 0.3 is 0 Å². The van der Waals surface area contributed by atoms with Crippen molar-refractivity contribution in [3.63, 3.8) is 0 Å². The zero-order valence-electron chi connectivity index (χ0n) is 19.4. The van der Waals surface area contributed by atoms with E-state index in [1.807, 2.05) is 30.8 Å². The largest absolute Gasteiger partial charge is 0.392 e. The van der Waals surface area contributed by atoms with Crippen LogP contribution in [0, 0.1) is 5.92 Å². The number of hydrogen-bond donors (Lipinski definition) is 2. The highest BCUT2D eigenvalue weighted by atomic mass is 16.5. The Labute approximate surface area is 189 Å². The van der Waals surface area contributed by atoms with E-state index in [1.54, 1.807) is 6.20 Å². The van der Waals surface area contributed by atoms with Gasteiger partial charge in [-0.2, -0.15) is 14.9 Å². The molecule has 0 bridgehead atoms. The van der Waals surface area contributed by atoms with Crippen LogP contribution in [0.15, 0.2) is 24.5 Å². The van der Waals surface area contributed by atoms with Gasteiger partial charge < -0.3 is 19.6 Å². The number of pyridine rings is 1. The van der Waals surface area contributed by atoms with Crippen molar-refractivity contribution in [2.24, 2.45) is 5.92 Å². The highest BCUT2D eigenvalue weighted by Crippen LogP contribution is 2.29. The maximum Gasteiger partial charge on any atom is 0.167 e.